The van der Waals surface area contributed by atoms with Gasteiger partial charge in [0.15, 0.2) is 9.84 Å². The second-order valence-electron chi connectivity index (χ2n) is 5.47. The van der Waals surface area contributed by atoms with E-state index in [1.807, 2.05) is 30.3 Å². The van der Waals surface area contributed by atoms with Gasteiger partial charge in [0.05, 0.1) is 18.6 Å². The summed E-state index contributed by atoms with van der Waals surface area (Å²) >= 11 is 0. The number of methoxy groups -OCH3 is 1. The number of para-hydroxylation sites is 2. The van der Waals surface area contributed by atoms with Crippen LogP contribution < -0.4 is 10.1 Å². The third-order valence-corrected chi connectivity index (χ3v) is 5.66. The van der Waals surface area contributed by atoms with Gasteiger partial charge in [-0.1, -0.05) is 54.6 Å². The van der Waals surface area contributed by atoms with E-state index in [0.29, 0.717) is 11.4 Å². The molecule has 5 nitrogen and oxygen atoms in total. The number of anilines is 1. The van der Waals surface area contributed by atoms with E-state index in [-0.39, 0.29) is 5.75 Å². The molecule has 0 spiro atoms. The van der Waals surface area contributed by atoms with Gasteiger partial charge in [0.25, 0.3) is 0 Å². The number of benzene rings is 2. The molecule has 0 heterocycles. The summed E-state index contributed by atoms with van der Waals surface area (Å²) in [5.74, 6) is -0.315. The highest BCUT2D eigenvalue weighted by molar-refractivity contribution is 7.92. The molecule has 0 saturated heterocycles. The number of ether oxygens (including phenoxy) is 1. The second kappa shape index (κ2) is 8.48. The third kappa shape index (κ3) is 5.19. The van der Waals surface area contributed by atoms with E-state index in [0.717, 1.165) is 5.56 Å². The number of amides is 1. The van der Waals surface area contributed by atoms with E-state index >= 15 is 0 Å². The zero-order valence-corrected chi connectivity index (χ0v) is 15.0. The van der Waals surface area contributed by atoms with Crippen molar-refractivity contribution in [1.29, 1.82) is 0 Å². The molecule has 1 unspecified atom stereocenters. The smallest absolute Gasteiger partial charge is 0.242 e. The first kappa shape index (κ1) is 18.7. The molecule has 6 heteroatoms. The summed E-state index contributed by atoms with van der Waals surface area (Å²) in [6.07, 6.45) is 3.28. The molecule has 0 fully saturated rings. The van der Waals surface area contributed by atoms with E-state index < -0.39 is 21.0 Å². The van der Waals surface area contributed by atoms with E-state index in [4.69, 9.17) is 4.74 Å². The van der Waals surface area contributed by atoms with Crippen molar-refractivity contribution < 1.29 is 17.9 Å². The highest BCUT2D eigenvalue weighted by atomic mass is 32.2. The molecule has 0 aliphatic heterocycles. The third-order valence-electron chi connectivity index (χ3n) is 3.71. The Balaban J connectivity index is 2.03. The van der Waals surface area contributed by atoms with Crippen molar-refractivity contribution in [2.75, 3.05) is 18.2 Å². The summed E-state index contributed by atoms with van der Waals surface area (Å²) in [6, 6.07) is 16.2. The summed E-state index contributed by atoms with van der Waals surface area (Å²) in [5.41, 5.74) is 1.35. The predicted molar refractivity (Wildman–Crippen MR) is 100 cm³/mol. The van der Waals surface area contributed by atoms with Gasteiger partial charge in [0.2, 0.25) is 5.91 Å². The number of carbonyl (C=O) groups excluding carboxylic acids is 1. The molecule has 25 heavy (non-hydrogen) atoms. The summed E-state index contributed by atoms with van der Waals surface area (Å²) in [7, 11) is -2.12. The number of rotatable bonds is 7. The van der Waals surface area contributed by atoms with Crippen LogP contribution in [0.3, 0.4) is 0 Å². The Bertz CT molecular complexity index is 845. The predicted octanol–water partition coefficient (Wildman–Crippen LogP) is 3.15. The van der Waals surface area contributed by atoms with E-state index in [1.54, 1.807) is 36.4 Å². The molecule has 1 atom stereocenters. The molecule has 2 rings (SSSR count). The zero-order valence-electron chi connectivity index (χ0n) is 14.2. The Kier molecular flexibility index (Phi) is 6.36. The van der Waals surface area contributed by atoms with Crippen molar-refractivity contribution in [3.8, 4) is 5.75 Å². The number of sulfone groups is 1. The van der Waals surface area contributed by atoms with Gasteiger partial charge in [-0.25, -0.2) is 8.42 Å². The molecule has 0 aliphatic carbocycles. The molecule has 0 aliphatic rings. The fourth-order valence-electron chi connectivity index (χ4n) is 2.17. The first-order chi connectivity index (χ1) is 11.9. The zero-order chi connectivity index (χ0) is 18.3. The largest absolute Gasteiger partial charge is 0.495 e. The lowest BCUT2D eigenvalue weighted by Crippen LogP contribution is -2.33. The SMILES string of the molecule is COc1ccccc1NC(=O)C(C)S(=O)(=O)CC=Cc1ccccc1. The van der Waals surface area contributed by atoms with Gasteiger partial charge in [0, 0.05) is 0 Å². The first-order valence-electron chi connectivity index (χ1n) is 7.81. The van der Waals surface area contributed by atoms with E-state index in [9.17, 15) is 13.2 Å². The van der Waals surface area contributed by atoms with Crippen LogP contribution in [-0.2, 0) is 14.6 Å². The van der Waals surface area contributed by atoms with Crippen LogP contribution in [0, 0.1) is 0 Å². The van der Waals surface area contributed by atoms with Crippen molar-refractivity contribution in [2.24, 2.45) is 0 Å². The highest BCUT2D eigenvalue weighted by Crippen LogP contribution is 2.23. The number of nitrogens with one attached hydrogen (secondary N) is 1. The van der Waals surface area contributed by atoms with E-state index in [1.165, 1.54) is 14.0 Å². The number of hydrogen-bond acceptors (Lipinski definition) is 4. The number of hydrogen-bond donors (Lipinski definition) is 1. The molecule has 0 saturated carbocycles. The van der Waals surface area contributed by atoms with Gasteiger partial charge in [-0.05, 0) is 24.6 Å². The quantitative estimate of drug-likeness (QED) is 0.824. The summed E-state index contributed by atoms with van der Waals surface area (Å²) in [4.78, 5) is 12.3. The van der Waals surface area contributed by atoms with Gasteiger partial charge >= 0.3 is 0 Å². The topological polar surface area (TPSA) is 72.5 Å². The lowest BCUT2D eigenvalue weighted by Gasteiger charge is -2.14. The molecule has 1 amide bonds. The van der Waals surface area contributed by atoms with Crippen LogP contribution in [0.1, 0.15) is 12.5 Å². The maximum atomic E-state index is 12.4. The highest BCUT2D eigenvalue weighted by Gasteiger charge is 2.27. The first-order valence-corrected chi connectivity index (χ1v) is 9.52. The molecule has 132 valence electrons. The van der Waals surface area contributed by atoms with Crippen LogP contribution in [-0.4, -0.2) is 32.4 Å². The molecule has 2 aromatic carbocycles. The molecule has 2 aromatic rings. The Morgan fingerprint density at radius 1 is 1.12 bits per heavy atom. The Morgan fingerprint density at radius 2 is 1.76 bits per heavy atom. The second-order valence-corrected chi connectivity index (χ2v) is 7.84. The van der Waals surface area contributed by atoms with Gasteiger partial charge in [0.1, 0.15) is 11.0 Å². The molecule has 0 bridgehead atoms. The van der Waals surface area contributed by atoms with E-state index in [2.05, 4.69) is 5.32 Å². The Hall–Kier alpha value is -2.60. The fraction of sp³-hybridized carbons (Fsp3) is 0.211. The van der Waals surface area contributed by atoms with Gasteiger partial charge in [-0.2, -0.15) is 0 Å². The van der Waals surface area contributed by atoms with Gasteiger partial charge in [-0.15, -0.1) is 0 Å². The lowest BCUT2D eigenvalue weighted by atomic mass is 10.2. The number of carbonyl (C=O) groups is 1. The summed E-state index contributed by atoms with van der Waals surface area (Å²) < 4.78 is 29.9. The van der Waals surface area contributed by atoms with Crippen molar-refractivity contribution in [3.63, 3.8) is 0 Å². The molecule has 1 N–H and O–H groups in total. The van der Waals surface area contributed by atoms with Crippen molar-refractivity contribution in [2.45, 2.75) is 12.2 Å². The molecular formula is C19H21NO4S. The van der Waals surface area contributed by atoms with Gasteiger partial charge < -0.3 is 10.1 Å². The van der Waals surface area contributed by atoms with Crippen molar-refractivity contribution in [1.82, 2.24) is 0 Å². The van der Waals surface area contributed by atoms with Gasteiger partial charge in [-0.3, -0.25) is 4.79 Å². The van der Waals surface area contributed by atoms with Crippen LogP contribution in [0.2, 0.25) is 0 Å². The van der Waals surface area contributed by atoms with Crippen LogP contribution >= 0.6 is 0 Å². The fourth-order valence-corrected chi connectivity index (χ4v) is 3.21. The normalized spacial score (nSPS) is 12.7. The monoisotopic (exact) mass is 359 g/mol. The molecule has 0 aromatic heterocycles. The van der Waals surface area contributed by atoms with Crippen LogP contribution in [0.15, 0.2) is 60.7 Å². The standard InChI is InChI=1S/C19H21NO4S/c1-15(19(21)20-17-12-6-7-13-18(17)24-2)25(22,23)14-8-11-16-9-4-3-5-10-16/h3-13,15H,14H2,1-2H3,(H,20,21). The van der Waals surface area contributed by atoms with Crippen LogP contribution in [0.5, 0.6) is 5.75 Å². The minimum absolute atomic E-state index is 0.206. The average molecular weight is 359 g/mol. The Morgan fingerprint density at radius 3 is 2.44 bits per heavy atom. The minimum atomic E-state index is -3.61. The maximum Gasteiger partial charge on any atom is 0.242 e. The molecule has 0 radical (unpaired) electrons. The maximum absolute atomic E-state index is 12.4. The van der Waals surface area contributed by atoms with Crippen molar-refractivity contribution in [3.05, 3.63) is 66.2 Å². The lowest BCUT2D eigenvalue weighted by molar-refractivity contribution is -0.115. The van der Waals surface area contributed by atoms with Crippen LogP contribution in [0.25, 0.3) is 6.08 Å². The minimum Gasteiger partial charge on any atom is -0.495 e. The van der Waals surface area contributed by atoms with Crippen LogP contribution in [0.4, 0.5) is 5.69 Å². The average Bonchev–Trinajstić information content (AvgIpc) is 2.62. The van der Waals surface area contributed by atoms with Crippen molar-refractivity contribution >= 4 is 27.5 Å². The summed E-state index contributed by atoms with van der Waals surface area (Å²) in [5, 5.41) is 1.44. The molecular weight excluding hydrogens is 338 g/mol. The Labute approximate surface area is 148 Å². The summed E-state index contributed by atoms with van der Waals surface area (Å²) in [6.45, 7) is 1.39.